The molecule has 0 heterocycles. The Bertz CT molecular complexity index is 641. The smallest absolute Gasteiger partial charge is 0.197 e. The maximum Gasteiger partial charge on any atom is 0.197 e. The first kappa shape index (κ1) is 13.8. The van der Waals surface area contributed by atoms with E-state index in [9.17, 15) is 9.18 Å². The SMILES string of the molecule is COc1ccc(C(=O)c2cc(Cl)ccc2F)c(Cl)c1. The molecule has 0 bridgehead atoms. The minimum absolute atomic E-state index is 0.112. The third-order valence-electron chi connectivity index (χ3n) is 2.59. The maximum absolute atomic E-state index is 13.6. The van der Waals surface area contributed by atoms with Crippen molar-refractivity contribution in [3.63, 3.8) is 0 Å². The highest BCUT2D eigenvalue weighted by Crippen LogP contribution is 2.26. The lowest BCUT2D eigenvalue weighted by atomic mass is 10.0. The highest BCUT2D eigenvalue weighted by Gasteiger charge is 2.17. The van der Waals surface area contributed by atoms with Crippen LogP contribution in [0.5, 0.6) is 5.75 Å². The maximum atomic E-state index is 13.6. The lowest BCUT2D eigenvalue weighted by Crippen LogP contribution is -2.05. The van der Waals surface area contributed by atoms with Gasteiger partial charge in [0.15, 0.2) is 5.78 Å². The minimum Gasteiger partial charge on any atom is -0.497 e. The quantitative estimate of drug-likeness (QED) is 0.787. The van der Waals surface area contributed by atoms with Crippen molar-refractivity contribution in [2.45, 2.75) is 0 Å². The van der Waals surface area contributed by atoms with E-state index in [1.54, 1.807) is 6.07 Å². The van der Waals surface area contributed by atoms with E-state index in [1.807, 2.05) is 0 Å². The third-order valence-corrected chi connectivity index (χ3v) is 3.14. The second kappa shape index (κ2) is 5.59. The molecule has 0 aliphatic heterocycles. The number of rotatable bonds is 3. The van der Waals surface area contributed by atoms with Gasteiger partial charge in [-0.05, 0) is 36.4 Å². The second-order valence-electron chi connectivity index (χ2n) is 3.80. The number of carbonyl (C=O) groups excluding carboxylic acids is 1. The van der Waals surface area contributed by atoms with Gasteiger partial charge in [-0.2, -0.15) is 0 Å². The van der Waals surface area contributed by atoms with Crippen LogP contribution in [0.3, 0.4) is 0 Å². The first-order valence-corrected chi connectivity index (χ1v) is 6.12. The molecule has 0 radical (unpaired) electrons. The number of carbonyl (C=O) groups is 1. The Morgan fingerprint density at radius 1 is 1.11 bits per heavy atom. The average molecular weight is 299 g/mol. The van der Waals surface area contributed by atoms with E-state index in [-0.39, 0.29) is 21.2 Å². The van der Waals surface area contributed by atoms with E-state index >= 15 is 0 Å². The van der Waals surface area contributed by atoms with E-state index in [4.69, 9.17) is 27.9 Å². The van der Waals surface area contributed by atoms with E-state index in [0.717, 1.165) is 6.07 Å². The summed E-state index contributed by atoms with van der Waals surface area (Å²) in [4.78, 5) is 12.2. The minimum atomic E-state index is -0.638. The van der Waals surface area contributed by atoms with Crippen LogP contribution in [0.15, 0.2) is 36.4 Å². The lowest BCUT2D eigenvalue weighted by Gasteiger charge is -2.07. The summed E-state index contributed by atoms with van der Waals surface area (Å²) >= 11 is 11.8. The zero-order valence-electron chi connectivity index (χ0n) is 9.91. The molecule has 0 unspecified atom stereocenters. The number of hydrogen-bond donors (Lipinski definition) is 0. The van der Waals surface area contributed by atoms with Crippen molar-refractivity contribution in [1.29, 1.82) is 0 Å². The Hall–Kier alpha value is -1.58. The molecule has 0 spiro atoms. The summed E-state index contributed by atoms with van der Waals surface area (Å²) in [6, 6.07) is 8.37. The number of hydrogen-bond acceptors (Lipinski definition) is 2. The highest BCUT2D eigenvalue weighted by molar-refractivity contribution is 6.35. The van der Waals surface area contributed by atoms with Crippen molar-refractivity contribution in [1.82, 2.24) is 0 Å². The Labute approximate surface area is 119 Å². The van der Waals surface area contributed by atoms with Crippen molar-refractivity contribution in [2.75, 3.05) is 7.11 Å². The van der Waals surface area contributed by atoms with Crippen LogP contribution in [-0.4, -0.2) is 12.9 Å². The summed E-state index contributed by atoms with van der Waals surface area (Å²) in [5, 5.41) is 0.484. The Balaban J connectivity index is 2.47. The molecule has 0 amide bonds. The van der Waals surface area contributed by atoms with Gasteiger partial charge in [-0.1, -0.05) is 23.2 Å². The highest BCUT2D eigenvalue weighted by atomic mass is 35.5. The fourth-order valence-corrected chi connectivity index (χ4v) is 2.05. The molecule has 5 heteroatoms. The predicted molar refractivity (Wildman–Crippen MR) is 72.8 cm³/mol. The molecule has 2 aromatic carbocycles. The fraction of sp³-hybridized carbons (Fsp3) is 0.0714. The van der Waals surface area contributed by atoms with Gasteiger partial charge in [0.1, 0.15) is 11.6 Å². The van der Waals surface area contributed by atoms with Gasteiger partial charge < -0.3 is 4.74 Å². The predicted octanol–water partition coefficient (Wildman–Crippen LogP) is 4.37. The Kier molecular flexibility index (Phi) is 4.08. The molecule has 2 rings (SSSR count). The van der Waals surface area contributed by atoms with Crippen LogP contribution in [0.1, 0.15) is 15.9 Å². The van der Waals surface area contributed by atoms with Crippen LogP contribution in [0.4, 0.5) is 4.39 Å². The number of methoxy groups -OCH3 is 1. The number of ether oxygens (including phenoxy) is 1. The molecule has 0 N–H and O–H groups in total. The van der Waals surface area contributed by atoms with Gasteiger partial charge in [0, 0.05) is 10.6 Å². The number of ketones is 1. The third kappa shape index (κ3) is 2.88. The van der Waals surface area contributed by atoms with Crippen LogP contribution in [0, 0.1) is 5.82 Å². The molecule has 0 fully saturated rings. The topological polar surface area (TPSA) is 26.3 Å². The van der Waals surface area contributed by atoms with E-state index < -0.39 is 11.6 Å². The van der Waals surface area contributed by atoms with Gasteiger partial charge >= 0.3 is 0 Å². The van der Waals surface area contributed by atoms with Crippen molar-refractivity contribution in [3.8, 4) is 5.75 Å². The molecule has 0 atom stereocenters. The van der Waals surface area contributed by atoms with Gasteiger partial charge in [0.25, 0.3) is 0 Å². The molecule has 2 nitrogen and oxygen atoms in total. The zero-order valence-corrected chi connectivity index (χ0v) is 11.4. The standard InChI is InChI=1S/C14H9Cl2FO2/c1-19-9-3-4-10(12(16)7-9)14(18)11-6-8(15)2-5-13(11)17/h2-7H,1H3. The molecule has 0 saturated heterocycles. The molecule has 0 aliphatic carbocycles. The first-order chi connectivity index (χ1) is 9.02. The van der Waals surface area contributed by atoms with Gasteiger partial charge in [0.2, 0.25) is 0 Å². The van der Waals surface area contributed by atoms with Gasteiger partial charge in [-0.3, -0.25) is 4.79 Å². The fourth-order valence-electron chi connectivity index (χ4n) is 1.62. The Morgan fingerprint density at radius 3 is 2.47 bits per heavy atom. The largest absolute Gasteiger partial charge is 0.497 e. The first-order valence-electron chi connectivity index (χ1n) is 5.36. The normalized spacial score (nSPS) is 10.3. The van der Waals surface area contributed by atoms with Crippen molar-refractivity contribution < 1.29 is 13.9 Å². The molecule has 19 heavy (non-hydrogen) atoms. The number of halogens is 3. The van der Waals surface area contributed by atoms with Crippen LogP contribution < -0.4 is 4.74 Å². The summed E-state index contributed by atoms with van der Waals surface area (Å²) in [5.74, 6) is -0.637. The van der Waals surface area contributed by atoms with Crippen LogP contribution >= 0.6 is 23.2 Å². The van der Waals surface area contributed by atoms with Crippen molar-refractivity contribution in [2.24, 2.45) is 0 Å². The van der Waals surface area contributed by atoms with Crippen LogP contribution in [0.2, 0.25) is 10.0 Å². The average Bonchev–Trinajstić information content (AvgIpc) is 2.40. The van der Waals surface area contributed by atoms with Gasteiger partial charge in [0.05, 0.1) is 17.7 Å². The summed E-state index contributed by atoms with van der Waals surface area (Å²) in [6.45, 7) is 0. The molecule has 0 saturated carbocycles. The van der Waals surface area contributed by atoms with Crippen molar-refractivity contribution >= 4 is 29.0 Å². The van der Waals surface area contributed by atoms with Crippen LogP contribution in [-0.2, 0) is 0 Å². The van der Waals surface area contributed by atoms with E-state index in [2.05, 4.69) is 0 Å². The van der Waals surface area contributed by atoms with Crippen LogP contribution in [0.25, 0.3) is 0 Å². The second-order valence-corrected chi connectivity index (χ2v) is 4.64. The zero-order chi connectivity index (χ0) is 14.0. The van der Waals surface area contributed by atoms with E-state index in [0.29, 0.717) is 5.75 Å². The monoisotopic (exact) mass is 298 g/mol. The molecular weight excluding hydrogens is 290 g/mol. The lowest BCUT2D eigenvalue weighted by molar-refractivity contribution is 0.103. The van der Waals surface area contributed by atoms with Gasteiger partial charge in [-0.25, -0.2) is 4.39 Å². The van der Waals surface area contributed by atoms with Crippen molar-refractivity contribution in [3.05, 3.63) is 63.4 Å². The molecule has 2 aromatic rings. The Morgan fingerprint density at radius 2 is 1.84 bits per heavy atom. The molecular formula is C14H9Cl2FO2. The van der Waals surface area contributed by atoms with Gasteiger partial charge in [-0.15, -0.1) is 0 Å². The summed E-state index contributed by atoms with van der Waals surface area (Å²) < 4.78 is 18.6. The van der Waals surface area contributed by atoms with E-state index in [1.165, 1.54) is 31.4 Å². The molecule has 98 valence electrons. The number of benzene rings is 2. The molecule has 0 aliphatic rings. The summed E-state index contributed by atoms with van der Waals surface area (Å²) in [7, 11) is 1.49. The molecule has 0 aromatic heterocycles. The summed E-state index contributed by atoms with van der Waals surface area (Å²) in [5.41, 5.74) is 0.0863. The summed E-state index contributed by atoms with van der Waals surface area (Å²) in [6.07, 6.45) is 0.